The van der Waals surface area contributed by atoms with Crippen molar-refractivity contribution in [2.24, 2.45) is 4.99 Å². The van der Waals surface area contributed by atoms with Gasteiger partial charge in [0.05, 0.1) is 11.8 Å². The Hall–Kier alpha value is -1.49. The normalized spacial score (nSPS) is 18.0. The molecule has 1 aromatic rings. The summed E-state index contributed by atoms with van der Waals surface area (Å²) >= 11 is 0. The van der Waals surface area contributed by atoms with Crippen molar-refractivity contribution in [3.63, 3.8) is 0 Å². The van der Waals surface area contributed by atoms with Gasteiger partial charge in [-0.05, 0) is 17.5 Å². The zero-order chi connectivity index (χ0) is 10.7. The minimum Gasteiger partial charge on any atom is -0.481 e. The number of carboxylic acid groups (broad SMARTS) is 1. The highest BCUT2D eigenvalue weighted by Gasteiger charge is 2.03. The van der Waals surface area contributed by atoms with Crippen LogP contribution in [0.5, 0.6) is 0 Å². The largest absolute Gasteiger partial charge is 0.481 e. The highest BCUT2D eigenvalue weighted by Crippen LogP contribution is 2.20. The Kier molecular flexibility index (Phi) is 2.91. The second-order valence-electron chi connectivity index (χ2n) is 3.02. The number of aromatic nitrogens is 1. The smallest absolute Gasteiger partial charge is 0.304 e. The predicted octanol–water partition coefficient (Wildman–Crippen LogP) is 1.18. The van der Waals surface area contributed by atoms with Crippen LogP contribution in [0.4, 0.5) is 0 Å². The summed E-state index contributed by atoms with van der Waals surface area (Å²) in [6.45, 7) is 0. The Labute approximate surface area is 88.9 Å². The van der Waals surface area contributed by atoms with E-state index in [0.717, 1.165) is 10.00 Å². The minimum atomic E-state index is -0.768. The van der Waals surface area contributed by atoms with Crippen LogP contribution in [-0.4, -0.2) is 21.8 Å². The molecule has 2 heterocycles. The van der Waals surface area contributed by atoms with Crippen molar-refractivity contribution < 1.29 is 9.90 Å². The predicted molar refractivity (Wildman–Crippen MR) is 58.1 cm³/mol. The molecule has 1 aromatic heterocycles. The summed E-state index contributed by atoms with van der Waals surface area (Å²) in [7, 11) is -0.206. The summed E-state index contributed by atoms with van der Waals surface area (Å²) in [6, 6.07) is 3.73. The molecule has 0 radical (unpaired) electrons. The minimum absolute atomic E-state index is 0.170. The van der Waals surface area contributed by atoms with E-state index in [2.05, 4.69) is 9.98 Å². The molecular weight excluding hydrogens is 212 g/mol. The molecule has 0 aliphatic carbocycles. The maximum Gasteiger partial charge on any atom is 0.304 e. The van der Waals surface area contributed by atoms with Gasteiger partial charge in [-0.15, -0.1) is 10.5 Å². The van der Waals surface area contributed by atoms with Crippen molar-refractivity contribution in [3.8, 4) is 0 Å². The number of fused-ring (bicyclic) bond motifs is 1. The van der Waals surface area contributed by atoms with Gasteiger partial charge < -0.3 is 5.11 Å². The lowest BCUT2D eigenvalue weighted by atomic mass is 10.5. The van der Waals surface area contributed by atoms with Crippen molar-refractivity contribution in [2.45, 2.75) is 6.42 Å². The fourth-order valence-electron chi connectivity index (χ4n) is 1.29. The molecule has 0 amide bonds. The third-order valence-electron chi connectivity index (χ3n) is 1.97. The second kappa shape index (κ2) is 4.35. The summed E-state index contributed by atoms with van der Waals surface area (Å²) < 4.78 is 0.904. The lowest BCUT2D eigenvalue weighted by Crippen LogP contribution is -2.07. The van der Waals surface area contributed by atoms with Gasteiger partial charge in [-0.25, -0.2) is 4.98 Å². The van der Waals surface area contributed by atoms with Crippen molar-refractivity contribution in [1.82, 2.24) is 4.98 Å². The monoisotopic (exact) mass is 222 g/mol. The average Bonchev–Trinajstić information content (AvgIpc) is 2.26. The highest BCUT2D eigenvalue weighted by molar-refractivity contribution is 8.12. The lowest BCUT2D eigenvalue weighted by Gasteiger charge is -2.04. The second-order valence-corrected chi connectivity index (χ2v) is 4.94. The first-order valence-electron chi connectivity index (χ1n) is 4.51. The van der Waals surface area contributed by atoms with Gasteiger partial charge in [-0.2, -0.15) is 0 Å². The van der Waals surface area contributed by atoms with E-state index in [1.807, 2.05) is 17.5 Å². The third-order valence-corrected chi connectivity index (χ3v) is 3.88. The van der Waals surface area contributed by atoms with Crippen molar-refractivity contribution in [2.75, 3.05) is 5.75 Å². The summed E-state index contributed by atoms with van der Waals surface area (Å²) in [5.41, 5.74) is 0. The first-order valence-corrected chi connectivity index (χ1v) is 5.97. The first-order chi connectivity index (χ1) is 7.27. The van der Waals surface area contributed by atoms with E-state index in [1.54, 1.807) is 12.4 Å². The molecule has 0 saturated heterocycles. The summed E-state index contributed by atoms with van der Waals surface area (Å²) in [4.78, 5) is 18.9. The van der Waals surface area contributed by atoms with Crippen molar-refractivity contribution >= 4 is 16.5 Å². The molecule has 15 heavy (non-hydrogen) atoms. The van der Waals surface area contributed by atoms with Crippen LogP contribution in [0, 0.1) is 4.64 Å². The van der Waals surface area contributed by atoms with E-state index in [9.17, 15) is 4.79 Å². The fraction of sp³-hybridized carbons (Fsp3) is 0.200. The van der Waals surface area contributed by atoms with E-state index < -0.39 is 5.97 Å². The van der Waals surface area contributed by atoms with E-state index in [0.29, 0.717) is 5.75 Å². The van der Waals surface area contributed by atoms with E-state index in [4.69, 9.17) is 5.11 Å². The van der Waals surface area contributed by atoms with Gasteiger partial charge in [0.2, 0.25) is 0 Å². The summed E-state index contributed by atoms with van der Waals surface area (Å²) in [6.07, 6.45) is 3.62. The molecule has 5 heteroatoms. The molecule has 0 bridgehead atoms. The molecule has 1 aliphatic rings. The molecule has 0 spiro atoms. The van der Waals surface area contributed by atoms with Gasteiger partial charge in [-0.3, -0.25) is 9.79 Å². The van der Waals surface area contributed by atoms with Gasteiger partial charge >= 0.3 is 5.97 Å². The van der Waals surface area contributed by atoms with Gasteiger partial charge in [0, 0.05) is 18.1 Å². The van der Waals surface area contributed by atoms with Crippen LogP contribution >= 0.6 is 10.5 Å². The molecule has 0 aromatic carbocycles. The Morgan fingerprint density at radius 1 is 1.53 bits per heavy atom. The van der Waals surface area contributed by atoms with E-state index in [-0.39, 0.29) is 16.9 Å². The quantitative estimate of drug-likeness (QED) is 0.781. The SMILES string of the molecule is O=C(O)CCS1=c2ncccc2=NC=C1. The van der Waals surface area contributed by atoms with Gasteiger partial charge in [0.1, 0.15) is 4.64 Å². The first kappa shape index (κ1) is 10.0. The van der Waals surface area contributed by atoms with Crippen LogP contribution in [0.25, 0.3) is 0 Å². The Bertz CT molecular complexity index is 537. The molecule has 1 aliphatic heterocycles. The number of hydrogen-bond donors (Lipinski definition) is 1. The zero-order valence-corrected chi connectivity index (χ0v) is 8.78. The average molecular weight is 222 g/mol. The lowest BCUT2D eigenvalue weighted by molar-refractivity contribution is -0.136. The van der Waals surface area contributed by atoms with Crippen LogP contribution < -0.4 is 5.36 Å². The van der Waals surface area contributed by atoms with Crippen LogP contribution in [0.15, 0.2) is 34.9 Å². The van der Waals surface area contributed by atoms with Gasteiger partial charge in [0.15, 0.2) is 0 Å². The fourth-order valence-corrected chi connectivity index (χ4v) is 2.94. The topological polar surface area (TPSA) is 62.5 Å². The van der Waals surface area contributed by atoms with E-state index in [1.165, 1.54) is 0 Å². The molecular formula is C10H10N2O2S. The summed E-state index contributed by atoms with van der Waals surface area (Å²) in [5.74, 6) is -0.165. The van der Waals surface area contributed by atoms with E-state index >= 15 is 0 Å². The van der Waals surface area contributed by atoms with Crippen LogP contribution in [0.1, 0.15) is 6.42 Å². The number of aliphatic carboxylic acids is 1. The highest BCUT2D eigenvalue weighted by atomic mass is 32.2. The Balaban J connectivity index is 2.42. The van der Waals surface area contributed by atoms with Crippen LogP contribution in [0.2, 0.25) is 0 Å². The molecule has 0 fully saturated rings. The van der Waals surface area contributed by atoms with Crippen molar-refractivity contribution in [1.29, 1.82) is 0 Å². The summed E-state index contributed by atoms with van der Waals surface area (Å²) in [5, 5.41) is 11.4. The van der Waals surface area contributed by atoms with Crippen LogP contribution in [0.3, 0.4) is 0 Å². The number of carbonyl (C=O) groups is 1. The number of carboxylic acids is 1. The number of pyridine rings is 1. The molecule has 1 atom stereocenters. The van der Waals surface area contributed by atoms with Crippen molar-refractivity contribution in [3.05, 3.63) is 39.9 Å². The Morgan fingerprint density at radius 3 is 3.20 bits per heavy atom. The standard InChI is InChI=1S/C10H10N2O2S/c13-9(14)3-6-15-7-5-11-8-2-1-4-12-10(8)15/h1-2,4-5,7H,3,6H2,(H,13,14). The maximum absolute atomic E-state index is 10.5. The van der Waals surface area contributed by atoms with Crippen LogP contribution in [-0.2, 0) is 4.79 Å². The maximum atomic E-state index is 10.5. The Morgan fingerprint density at radius 2 is 2.40 bits per heavy atom. The molecule has 2 rings (SSSR count). The number of rotatable bonds is 3. The van der Waals surface area contributed by atoms with Gasteiger partial charge in [0.25, 0.3) is 0 Å². The number of nitrogens with zero attached hydrogens (tertiary/aromatic N) is 2. The molecule has 4 nitrogen and oxygen atoms in total. The number of hydrogen-bond acceptors (Lipinski definition) is 3. The molecule has 1 N–H and O–H groups in total. The zero-order valence-electron chi connectivity index (χ0n) is 7.96. The van der Waals surface area contributed by atoms with Gasteiger partial charge in [-0.1, -0.05) is 0 Å². The molecule has 78 valence electrons. The molecule has 0 saturated carbocycles. The third kappa shape index (κ3) is 2.30. The molecule has 1 unspecified atom stereocenters.